The number of anilines is 1. The van der Waals surface area contributed by atoms with E-state index in [9.17, 15) is 4.39 Å². The summed E-state index contributed by atoms with van der Waals surface area (Å²) in [6, 6.07) is 6.23. The van der Waals surface area contributed by atoms with E-state index in [1.54, 1.807) is 17.4 Å². The van der Waals surface area contributed by atoms with Crippen molar-refractivity contribution in [3.8, 4) is 0 Å². The van der Waals surface area contributed by atoms with E-state index in [0.717, 1.165) is 13.1 Å². The van der Waals surface area contributed by atoms with Gasteiger partial charge in [0.2, 0.25) is 0 Å². The fourth-order valence-electron chi connectivity index (χ4n) is 1.62. The molecule has 2 rings (SSSR count). The third kappa shape index (κ3) is 3.92. The average Bonchev–Trinajstić information content (AvgIpc) is 2.65. The van der Waals surface area contributed by atoms with Crippen LogP contribution in [0, 0.1) is 5.82 Å². The molecule has 19 heavy (non-hydrogen) atoms. The number of hydrogen-bond acceptors (Lipinski definition) is 3. The van der Waals surface area contributed by atoms with Crippen LogP contribution in [0.25, 0.3) is 0 Å². The van der Waals surface area contributed by atoms with Gasteiger partial charge in [0, 0.05) is 26.6 Å². The van der Waals surface area contributed by atoms with Gasteiger partial charge in [0.05, 0.1) is 9.83 Å². The second-order valence-electron chi connectivity index (χ2n) is 3.86. The van der Waals surface area contributed by atoms with Crippen molar-refractivity contribution in [2.75, 3.05) is 11.9 Å². The van der Waals surface area contributed by atoms with Gasteiger partial charge in [-0.15, -0.1) is 11.3 Å². The predicted molar refractivity (Wildman–Crippen MR) is 86.5 cm³/mol. The number of nitrogens with two attached hydrogens (primary N) is 1. The Kier molecular flexibility index (Phi) is 5.25. The summed E-state index contributed by atoms with van der Waals surface area (Å²) in [4.78, 5) is 1.06. The Labute approximate surface area is 136 Å². The third-order valence-electron chi connectivity index (χ3n) is 2.45. The molecule has 1 aromatic heterocycles. The minimum atomic E-state index is -0.376. The second-order valence-corrected chi connectivity index (χ2v) is 7.55. The van der Waals surface area contributed by atoms with E-state index >= 15 is 0 Å². The summed E-state index contributed by atoms with van der Waals surface area (Å²) in [7, 11) is 0. The average molecular weight is 429 g/mol. The van der Waals surface area contributed by atoms with Crippen molar-refractivity contribution in [1.82, 2.24) is 0 Å². The second kappa shape index (κ2) is 6.54. The number of benzene rings is 1. The largest absolute Gasteiger partial charge is 0.376 e. The van der Waals surface area contributed by atoms with Crippen LogP contribution in [-0.4, -0.2) is 6.54 Å². The fraction of sp³-hybridized carbons (Fsp3) is 0.167. The van der Waals surface area contributed by atoms with Crippen LogP contribution in [0.5, 0.6) is 0 Å². The third-order valence-corrected chi connectivity index (χ3v) is 6.03. The molecule has 0 saturated carbocycles. The van der Waals surface area contributed by atoms with Crippen LogP contribution in [0.15, 0.2) is 32.5 Å². The molecule has 0 fully saturated rings. The van der Waals surface area contributed by atoms with Crippen LogP contribution in [0.1, 0.15) is 10.9 Å². The van der Waals surface area contributed by atoms with Gasteiger partial charge in [-0.2, -0.15) is 0 Å². The van der Waals surface area contributed by atoms with Gasteiger partial charge < -0.3 is 11.1 Å². The lowest BCUT2D eigenvalue weighted by Crippen LogP contribution is -2.19. The zero-order chi connectivity index (χ0) is 14.0. The van der Waals surface area contributed by atoms with Gasteiger partial charge in [0.1, 0.15) is 5.82 Å². The van der Waals surface area contributed by atoms with Crippen molar-refractivity contribution in [2.24, 2.45) is 5.73 Å². The minimum Gasteiger partial charge on any atom is -0.376 e. The SMILES string of the molecule is NCC(Nc1cc(F)cc(Cl)c1)c1cc(Br)c(Br)s1. The highest BCUT2D eigenvalue weighted by atomic mass is 79.9. The molecule has 1 atom stereocenters. The van der Waals surface area contributed by atoms with Gasteiger partial charge in [0.25, 0.3) is 0 Å². The molecule has 1 unspecified atom stereocenters. The molecule has 7 heteroatoms. The number of nitrogens with one attached hydrogen (secondary N) is 1. The molecule has 0 aliphatic carbocycles. The van der Waals surface area contributed by atoms with Crippen LogP contribution in [0.4, 0.5) is 10.1 Å². The van der Waals surface area contributed by atoms with Crippen LogP contribution in [0.3, 0.4) is 0 Å². The summed E-state index contributed by atoms with van der Waals surface area (Å²) in [6.07, 6.45) is 0. The van der Waals surface area contributed by atoms with Crippen LogP contribution in [0.2, 0.25) is 5.02 Å². The van der Waals surface area contributed by atoms with Crippen LogP contribution in [-0.2, 0) is 0 Å². The van der Waals surface area contributed by atoms with Gasteiger partial charge in [-0.3, -0.25) is 0 Å². The van der Waals surface area contributed by atoms with E-state index in [-0.39, 0.29) is 11.9 Å². The van der Waals surface area contributed by atoms with Gasteiger partial charge in [-0.1, -0.05) is 11.6 Å². The zero-order valence-corrected chi connectivity index (χ0v) is 14.3. The normalized spacial score (nSPS) is 12.5. The fourth-order valence-corrected chi connectivity index (χ4v) is 4.00. The smallest absolute Gasteiger partial charge is 0.126 e. The molecule has 1 aromatic carbocycles. The summed E-state index contributed by atoms with van der Waals surface area (Å²) in [6.45, 7) is 0.396. The zero-order valence-electron chi connectivity index (χ0n) is 9.59. The first-order valence-corrected chi connectivity index (χ1v) is 8.15. The molecule has 3 N–H and O–H groups in total. The van der Waals surface area contributed by atoms with Gasteiger partial charge >= 0.3 is 0 Å². The summed E-state index contributed by atoms with van der Waals surface area (Å²) < 4.78 is 15.3. The van der Waals surface area contributed by atoms with Crippen molar-refractivity contribution in [2.45, 2.75) is 6.04 Å². The molecule has 0 radical (unpaired) electrons. The Morgan fingerprint density at radius 3 is 2.58 bits per heavy atom. The summed E-state index contributed by atoms with van der Waals surface area (Å²) in [5.74, 6) is -0.376. The minimum absolute atomic E-state index is 0.0922. The molecule has 2 aromatic rings. The Balaban J connectivity index is 2.23. The molecule has 0 spiro atoms. The standard InChI is InChI=1S/C12H10Br2ClFN2S/c13-9-4-11(19-12(9)14)10(5-17)18-8-2-6(15)1-7(16)3-8/h1-4,10,18H,5,17H2. The lowest BCUT2D eigenvalue weighted by Gasteiger charge is -2.17. The van der Waals surface area contributed by atoms with Crippen molar-refractivity contribution in [1.29, 1.82) is 0 Å². The highest BCUT2D eigenvalue weighted by molar-refractivity contribution is 9.13. The highest BCUT2D eigenvalue weighted by Gasteiger charge is 2.15. The Morgan fingerprint density at radius 1 is 1.32 bits per heavy atom. The molecular weight excluding hydrogens is 418 g/mol. The monoisotopic (exact) mass is 426 g/mol. The van der Waals surface area contributed by atoms with Crippen molar-refractivity contribution in [3.63, 3.8) is 0 Å². The van der Waals surface area contributed by atoms with E-state index < -0.39 is 0 Å². The molecule has 2 nitrogen and oxygen atoms in total. The van der Waals surface area contributed by atoms with Crippen LogP contribution >= 0.6 is 54.8 Å². The molecule has 0 aliphatic rings. The van der Waals surface area contributed by atoms with E-state index in [1.807, 2.05) is 6.07 Å². The lowest BCUT2D eigenvalue weighted by atomic mass is 10.2. The number of hydrogen-bond donors (Lipinski definition) is 2. The van der Waals surface area contributed by atoms with Crippen molar-refractivity contribution in [3.05, 3.63) is 48.2 Å². The Hall–Kier alpha value is -0.140. The van der Waals surface area contributed by atoms with Crippen LogP contribution < -0.4 is 11.1 Å². The molecule has 0 amide bonds. The van der Waals surface area contributed by atoms with E-state index in [4.69, 9.17) is 17.3 Å². The van der Waals surface area contributed by atoms with E-state index in [2.05, 4.69) is 37.2 Å². The maximum Gasteiger partial charge on any atom is 0.126 e. The first kappa shape index (κ1) is 15.3. The Bertz CT molecular complexity index is 551. The topological polar surface area (TPSA) is 38.0 Å². The molecule has 0 saturated heterocycles. The maximum absolute atomic E-state index is 13.3. The molecular formula is C12H10Br2ClFN2S. The van der Waals surface area contributed by atoms with Gasteiger partial charge in [0.15, 0.2) is 0 Å². The molecule has 0 aliphatic heterocycles. The van der Waals surface area contributed by atoms with Crippen molar-refractivity contribution < 1.29 is 4.39 Å². The first-order valence-electron chi connectivity index (χ1n) is 5.37. The molecule has 1 heterocycles. The quantitative estimate of drug-likeness (QED) is 0.704. The van der Waals surface area contributed by atoms with Crippen molar-refractivity contribution >= 4 is 60.5 Å². The lowest BCUT2D eigenvalue weighted by molar-refractivity contribution is 0.628. The van der Waals surface area contributed by atoms with E-state index in [0.29, 0.717) is 17.3 Å². The molecule has 102 valence electrons. The van der Waals surface area contributed by atoms with Gasteiger partial charge in [-0.05, 0) is 56.1 Å². The number of thiophene rings is 1. The summed E-state index contributed by atoms with van der Waals surface area (Å²) >= 11 is 14.3. The number of rotatable bonds is 4. The molecule has 0 bridgehead atoms. The van der Waals surface area contributed by atoms with Gasteiger partial charge in [-0.25, -0.2) is 4.39 Å². The maximum atomic E-state index is 13.3. The summed E-state index contributed by atoms with van der Waals surface area (Å²) in [5.41, 5.74) is 6.39. The highest BCUT2D eigenvalue weighted by Crippen LogP contribution is 2.36. The Morgan fingerprint density at radius 2 is 2.05 bits per heavy atom. The first-order chi connectivity index (χ1) is 8.99. The predicted octanol–water partition coefficient (Wildman–Crippen LogP) is 5.18. The summed E-state index contributed by atoms with van der Waals surface area (Å²) in [5, 5.41) is 3.54. The number of halogens is 4. The van der Waals surface area contributed by atoms with E-state index in [1.165, 1.54) is 12.1 Å².